The first-order valence-corrected chi connectivity index (χ1v) is 6.56. The smallest absolute Gasteiger partial charge is 0.170 e. The molecule has 1 heterocycles. The van der Waals surface area contributed by atoms with Gasteiger partial charge in [0.05, 0.1) is 12.7 Å². The molecule has 0 aliphatic carbocycles. The summed E-state index contributed by atoms with van der Waals surface area (Å²) < 4.78 is 5.16. The Kier molecular flexibility index (Phi) is 4.04. The number of hydrogen-bond acceptors (Lipinski definition) is 3. The van der Waals surface area contributed by atoms with Crippen molar-refractivity contribution in [2.75, 3.05) is 5.75 Å². The first-order chi connectivity index (χ1) is 8.29. The molecule has 88 valence electrons. The molecule has 3 heteroatoms. The van der Waals surface area contributed by atoms with E-state index in [2.05, 4.69) is 6.92 Å². The SMILES string of the molecule is CCSc1ccc(C(=O)Cc2ccco2)cc1. The number of thioether (sulfide) groups is 1. The molecule has 2 aromatic rings. The van der Waals surface area contributed by atoms with Crippen LogP contribution in [-0.4, -0.2) is 11.5 Å². The molecule has 0 unspecified atom stereocenters. The molecule has 1 aromatic heterocycles. The van der Waals surface area contributed by atoms with E-state index in [0.29, 0.717) is 12.2 Å². The van der Waals surface area contributed by atoms with Gasteiger partial charge in [-0.15, -0.1) is 11.8 Å². The van der Waals surface area contributed by atoms with Crippen LogP contribution in [0.4, 0.5) is 0 Å². The third-order valence-electron chi connectivity index (χ3n) is 2.40. The molecule has 0 aliphatic heterocycles. The van der Waals surface area contributed by atoms with Gasteiger partial charge in [0.25, 0.3) is 0 Å². The lowest BCUT2D eigenvalue weighted by molar-refractivity contribution is 0.0987. The second-order valence-corrected chi connectivity index (χ2v) is 4.97. The Labute approximate surface area is 105 Å². The summed E-state index contributed by atoms with van der Waals surface area (Å²) in [5.74, 6) is 1.84. The predicted octanol–water partition coefficient (Wildman–Crippen LogP) is 3.82. The van der Waals surface area contributed by atoms with Crippen LogP contribution in [0.1, 0.15) is 23.0 Å². The second-order valence-electron chi connectivity index (χ2n) is 3.64. The monoisotopic (exact) mass is 246 g/mol. The largest absolute Gasteiger partial charge is 0.469 e. The number of furan rings is 1. The van der Waals surface area contributed by atoms with Crippen LogP contribution in [0.5, 0.6) is 0 Å². The number of carbonyl (C=O) groups is 1. The molecule has 2 rings (SSSR count). The van der Waals surface area contributed by atoms with E-state index in [4.69, 9.17) is 4.42 Å². The zero-order valence-electron chi connectivity index (χ0n) is 9.68. The highest BCUT2D eigenvalue weighted by molar-refractivity contribution is 7.99. The van der Waals surface area contributed by atoms with Gasteiger partial charge in [0.15, 0.2) is 5.78 Å². The molecule has 0 saturated carbocycles. The third-order valence-corrected chi connectivity index (χ3v) is 3.30. The third kappa shape index (κ3) is 3.24. The van der Waals surface area contributed by atoms with Crippen LogP contribution in [0, 0.1) is 0 Å². The van der Waals surface area contributed by atoms with Crippen molar-refractivity contribution in [3.63, 3.8) is 0 Å². The number of hydrogen-bond donors (Lipinski definition) is 0. The molecular formula is C14H14O2S. The van der Waals surface area contributed by atoms with Gasteiger partial charge in [-0.2, -0.15) is 0 Å². The molecule has 0 spiro atoms. The van der Waals surface area contributed by atoms with Gasteiger partial charge in [-0.25, -0.2) is 0 Å². The fourth-order valence-corrected chi connectivity index (χ4v) is 2.24. The summed E-state index contributed by atoms with van der Waals surface area (Å²) in [4.78, 5) is 13.1. The summed E-state index contributed by atoms with van der Waals surface area (Å²) in [7, 11) is 0. The first-order valence-electron chi connectivity index (χ1n) is 5.58. The van der Waals surface area contributed by atoms with Gasteiger partial charge in [0, 0.05) is 10.5 Å². The molecule has 2 nitrogen and oxygen atoms in total. The minimum Gasteiger partial charge on any atom is -0.469 e. The summed E-state index contributed by atoms with van der Waals surface area (Å²) in [6, 6.07) is 11.3. The normalized spacial score (nSPS) is 10.4. The van der Waals surface area contributed by atoms with Gasteiger partial charge in [-0.1, -0.05) is 19.1 Å². The Hall–Kier alpha value is -1.48. The number of Topliss-reactive ketones (excluding diaryl/α,β-unsaturated/α-hetero) is 1. The van der Waals surface area contributed by atoms with Crippen LogP contribution in [0.3, 0.4) is 0 Å². The highest BCUT2D eigenvalue weighted by Gasteiger charge is 2.08. The first kappa shape index (κ1) is 12.0. The molecular weight excluding hydrogens is 232 g/mol. The Morgan fingerprint density at radius 3 is 2.59 bits per heavy atom. The van der Waals surface area contributed by atoms with Crippen LogP contribution >= 0.6 is 11.8 Å². The lowest BCUT2D eigenvalue weighted by atomic mass is 10.1. The number of carbonyl (C=O) groups excluding carboxylic acids is 1. The van der Waals surface area contributed by atoms with Crippen molar-refractivity contribution in [2.45, 2.75) is 18.2 Å². The van der Waals surface area contributed by atoms with Gasteiger partial charge in [0.1, 0.15) is 5.76 Å². The molecule has 1 aromatic carbocycles. The van der Waals surface area contributed by atoms with Crippen LogP contribution in [-0.2, 0) is 6.42 Å². The van der Waals surface area contributed by atoms with Crippen molar-refractivity contribution in [1.82, 2.24) is 0 Å². The van der Waals surface area contributed by atoms with E-state index in [1.807, 2.05) is 30.3 Å². The van der Waals surface area contributed by atoms with E-state index in [1.165, 1.54) is 4.90 Å². The van der Waals surface area contributed by atoms with Crippen LogP contribution in [0.25, 0.3) is 0 Å². The summed E-state index contributed by atoms with van der Waals surface area (Å²) in [5, 5.41) is 0. The molecule has 0 bridgehead atoms. The molecule has 0 radical (unpaired) electrons. The van der Waals surface area contributed by atoms with Crippen molar-refractivity contribution in [1.29, 1.82) is 0 Å². The average Bonchev–Trinajstić information content (AvgIpc) is 2.83. The average molecular weight is 246 g/mol. The maximum Gasteiger partial charge on any atom is 0.170 e. The van der Waals surface area contributed by atoms with E-state index in [-0.39, 0.29) is 5.78 Å². The van der Waals surface area contributed by atoms with Gasteiger partial charge < -0.3 is 4.42 Å². The Balaban J connectivity index is 2.04. The number of ketones is 1. The minimum atomic E-state index is 0.0907. The fourth-order valence-electron chi connectivity index (χ4n) is 1.58. The molecule has 0 saturated heterocycles. The van der Waals surface area contributed by atoms with Gasteiger partial charge in [-0.05, 0) is 30.0 Å². The van der Waals surface area contributed by atoms with Crippen LogP contribution in [0.2, 0.25) is 0 Å². The zero-order valence-corrected chi connectivity index (χ0v) is 10.5. The lowest BCUT2D eigenvalue weighted by Crippen LogP contribution is -2.02. The van der Waals surface area contributed by atoms with Crippen molar-refractivity contribution in [3.8, 4) is 0 Å². The Morgan fingerprint density at radius 1 is 1.24 bits per heavy atom. The van der Waals surface area contributed by atoms with Crippen molar-refractivity contribution >= 4 is 17.5 Å². The maximum atomic E-state index is 11.9. The van der Waals surface area contributed by atoms with E-state index < -0.39 is 0 Å². The van der Waals surface area contributed by atoms with E-state index in [1.54, 1.807) is 24.1 Å². The lowest BCUT2D eigenvalue weighted by Gasteiger charge is -2.01. The van der Waals surface area contributed by atoms with Crippen LogP contribution in [0.15, 0.2) is 52.0 Å². The summed E-state index contributed by atoms with van der Waals surface area (Å²) in [5.41, 5.74) is 0.738. The summed E-state index contributed by atoms with van der Waals surface area (Å²) in [6.07, 6.45) is 1.91. The molecule has 0 atom stereocenters. The Bertz CT molecular complexity index is 471. The van der Waals surface area contributed by atoms with Gasteiger partial charge in [0.2, 0.25) is 0 Å². The molecule has 17 heavy (non-hydrogen) atoms. The predicted molar refractivity (Wildman–Crippen MR) is 69.6 cm³/mol. The highest BCUT2D eigenvalue weighted by atomic mass is 32.2. The van der Waals surface area contributed by atoms with Crippen molar-refractivity contribution in [2.24, 2.45) is 0 Å². The van der Waals surface area contributed by atoms with Gasteiger partial charge >= 0.3 is 0 Å². The van der Waals surface area contributed by atoms with E-state index in [0.717, 1.165) is 11.3 Å². The topological polar surface area (TPSA) is 30.2 Å². The van der Waals surface area contributed by atoms with E-state index in [9.17, 15) is 4.79 Å². The maximum absolute atomic E-state index is 11.9. The van der Waals surface area contributed by atoms with Crippen LogP contribution < -0.4 is 0 Å². The quantitative estimate of drug-likeness (QED) is 0.593. The summed E-state index contributed by atoms with van der Waals surface area (Å²) in [6.45, 7) is 2.11. The minimum absolute atomic E-state index is 0.0907. The zero-order chi connectivity index (χ0) is 12.1. The van der Waals surface area contributed by atoms with Crippen molar-refractivity contribution < 1.29 is 9.21 Å². The van der Waals surface area contributed by atoms with E-state index >= 15 is 0 Å². The number of benzene rings is 1. The molecule has 0 N–H and O–H groups in total. The second kappa shape index (κ2) is 5.73. The Morgan fingerprint density at radius 2 is 2.00 bits per heavy atom. The highest BCUT2D eigenvalue weighted by Crippen LogP contribution is 2.18. The molecule has 0 fully saturated rings. The van der Waals surface area contributed by atoms with Crippen molar-refractivity contribution in [3.05, 3.63) is 54.0 Å². The van der Waals surface area contributed by atoms with Gasteiger partial charge in [-0.3, -0.25) is 4.79 Å². The summed E-state index contributed by atoms with van der Waals surface area (Å²) >= 11 is 1.77. The molecule has 0 amide bonds. The number of rotatable bonds is 5. The fraction of sp³-hybridized carbons (Fsp3) is 0.214. The standard InChI is InChI=1S/C14H14O2S/c1-2-17-13-7-5-11(6-8-13)14(15)10-12-4-3-9-16-12/h3-9H,2,10H2,1H3. The molecule has 0 aliphatic rings.